The summed E-state index contributed by atoms with van der Waals surface area (Å²) in [6.45, 7) is 0.863. The van der Waals surface area contributed by atoms with Gasteiger partial charge in [0.05, 0.1) is 0 Å². The molecule has 0 saturated heterocycles. The molecule has 0 bridgehead atoms. The van der Waals surface area contributed by atoms with Gasteiger partial charge in [-0.05, 0) is 51.4 Å². The van der Waals surface area contributed by atoms with Crippen molar-refractivity contribution in [1.82, 2.24) is 0 Å². The summed E-state index contributed by atoms with van der Waals surface area (Å²) in [5, 5.41) is 0. The molecule has 2 aromatic rings. The zero-order chi connectivity index (χ0) is 24.2. The van der Waals surface area contributed by atoms with Crippen LogP contribution in [-0.4, -0.2) is 25.9 Å². The Kier molecular flexibility index (Phi) is 10.9. The summed E-state index contributed by atoms with van der Waals surface area (Å²) in [5.74, 6) is 0. The lowest BCUT2D eigenvalue weighted by Crippen LogP contribution is -2.50. The quantitative estimate of drug-likeness (QED) is 0.476. The molecule has 0 aromatic carbocycles. The number of hydrogen-bond acceptors (Lipinski definition) is 6. The van der Waals surface area contributed by atoms with Crippen molar-refractivity contribution < 1.29 is 35.1 Å². The molecular formula is C23H30N2O6S2. The maximum absolute atomic E-state index is 10.4. The standard InChI is InChI=1S/C11H12N2.2C6H10O3S/c1-3-7-12(8-4-1)11-13-9-5-2-6-10-13;2*7-10(8,9)6-4-2-1-3-5-6/h1-10H,11H2;2*4H,1-3,5H2,(H,7,8,9)/q+2;;/p-2. The second-order valence-corrected chi connectivity index (χ2v) is 10.5. The van der Waals surface area contributed by atoms with Gasteiger partial charge in [0.15, 0.2) is 24.8 Å². The van der Waals surface area contributed by atoms with Crippen LogP contribution >= 0.6 is 0 Å². The molecule has 0 atom stereocenters. The smallest absolute Gasteiger partial charge is 0.343 e. The van der Waals surface area contributed by atoms with Gasteiger partial charge in [0, 0.05) is 34.1 Å². The van der Waals surface area contributed by atoms with E-state index in [1.807, 2.05) is 36.4 Å². The minimum atomic E-state index is -4.11. The lowest BCUT2D eigenvalue weighted by molar-refractivity contribution is -0.913. The molecule has 0 fully saturated rings. The fourth-order valence-electron chi connectivity index (χ4n) is 3.32. The summed E-state index contributed by atoms with van der Waals surface area (Å²) in [4.78, 5) is 0.164. The molecule has 2 aliphatic carbocycles. The van der Waals surface area contributed by atoms with Crippen molar-refractivity contribution in [3.05, 3.63) is 83.1 Å². The van der Waals surface area contributed by atoms with Crippen LogP contribution in [0.15, 0.2) is 83.1 Å². The van der Waals surface area contributed by atoms with Crippen LogP contribution in [0.1, 0.15) is 51.4 Å². The summed E-state index contributed by atoms with van der Waals surface area (Å²) in [6.07, 6.45) is 17.3. The molecule has 10 heteroatoms. The Balaban J connectivity index is 0.000000178. The van der Waals surface area contributed by atoms with E-state index >= 15 is 0 Å². The minimum absolute atomic E-state index is 0.0822. The number of pyridine rings is 2. The van der Waals surface area contributed by atoms with Crippen LogP contribution in [0.2, 0.25) is 0 Å². The number of allylic oxidation sites excluding steroid dienone is 4. The predicted octanol–water partition coefficient (Wildman–Crippen LogP) is 2.75. The summed E-state index contributed by atoms with van der Waals surface area (Å²) < 4.78 is 66.4. The van der Waals surface area contributed by atoms with Gasteiger partial charge in [-0.1, -0.05) is 24.3 Å². The molecule has 0 saturated carbocycles. The predicted molar refractivity (Wildman–Crippen MR) is 121 cm³/mol. The molecule has 2 aromatic heterocycles. The molecule has 0 N–H and O–H groups in total. The normalized spacial score (nSPS) is 16.2. The van der Waals surface area contributed by atoms with E-state index in [-0.39, 0.29) is 9.81 Å². The molecule has 0 radical (unpaired) electrons. The SMILES string of the molecule is O=S(=O)([O-])C1=CCCCC1.O=S(=O)([O-])C1=CCCCC1.c1cc[n+](C[n+]2ccccc2)cc1. The number of hydrogen-bond donors (Lipinski definition) is 0. The van der Waals surface area contributed by atoms with Gasteiger partial charge < -0.3 is 9.11 Å². The van der Waals surface area contributed by atoms with Crippen molar-refractivity contribution in [2.75, 3.05) is 0 Å². The highest BCUT2D eigenvalue weighted by atomic mass is 32.2. The summed E-state index contributed by atoms with van der Waals surface area (Å²) in [6, 6.07) is 12.2. The molecule has 0 aliphatic heterocycles. The Hall–Kier alpha value is -2.40. The Bertz CT molecular complexity index is 1040. The Morgan fingerprint density at radius 3 is 1.21 bits per heavy atom. The number of nitrogens with zero attached hydrogens (tertiary/aromatic N) is 2. The largest absolute Gasteiger partial charge is 0.744 e. The van der Waals surface area contributed by atoms with Crippen molar-refractivity contribution in [2.24, 2.45) is 0 Å². The third kappa shape index (κ3) is 10.8. The van der Waals surface area contributed by atoms with Crippen LogP contribution in [0.5, 0.6) is 0 Å². The lowest BCUT2D eigenvalue weighted by atomic mass is 10.1. The van der Waals surface area contributed by atoms with Gasteiger partial charge in [-0.3, -0.25) is 0 Å². The van der Waals surface area contributed by atoms with E-state index in [4.69, 9.17) is 0 Å². The summed E-state index contributed by atoms with van der Waals surface area (Å²) >= 11 is 0. The van der Waals surface area contributed by atoms with Crippen molar-refractivity contribution in [2.45, 2.75) is 58.0 Å². The average Bonchev–Trinajstić information content (AvgIpc) is 2.81. The molecule has 4 rings (SSSR count). The molecule has 180 valence electrons. The average molecular weight is 495 g/mol. The van der Waals surface area contributed by atoms with E-state index in [9.17, 15) is 25.9 Å². The van der Waals surface area contributed by atoms with E-state index in [1.54, 1.807) is 0 Å². The summed E-state index contributed by atoms with van der Waals surface area (Å²) in [7, 11) is -8.23. The summed E-state index contributed by atoms with van der Waals surface area (Å²) in [5.41, 5.74) is 0. The third-order valence-corrected chi connectivity index (χ3v) is 7.05. The minimum Gasteiger partial charge on any atom is -0.744 e. The second kappa shape index (κ2) is 13.3. The molecule has 0 unspecified atom stereocenters. The molecule has 2 heterocycles. The first kappa shape index (κ1) is 26.8. The van der Waals surface area contributed by atoms with Crippen molar-refractivity contribution in [3.63, 3.8) is 0 Å². The van der Waals surface area contributed by atoms with Crippen LogP contribution in [0.4, 0.5) is 0 Å². The highest BCUT2D eigenvalue weighted by Gasteiger charge is 2.09. The zero-order valence-electron chi connectivity index (χ0n) is 18.5. The Morgan fingerprint density at radius 2 is 0.970 bits per heavy atom. The fraction of sp³-hybridized carbons (Fsp3) is 0.391. The van der Waals surface area contributed by atoms with Crippen molar-refractivity contribution in [3.8, 4) is 0 Å². The van der Waals surface area contributed by atoms with Crippen molar-refractivity contribution >= 4 is 20.2 Å². The fourth-order valence-corrected chi connectivity index (χ4v) is 4.75. The van der Waals surface area contributed by atoms with Crippen LogP contribution in [-0.2, 0) is 26.9 Å². The molecular weight excluding hydrogens is 464 g/mol. The molecule has 0 amide bonds. The Labute approximate surface area is 196 Å². The first-order valence-corrected chi connectivity index (χ1v) is 13.7. The molecule has 2 aliphatic rings. The van der Waals surface area contributed by atoms with Gasteiger partial charge in [0.25, 0.3) is 0 Å². The first-order chi connectivity index (χ1) is 15.7. The highest BCUT2D eigenvalue weighted by Crippen LogP contribution is 2.21. The maximum Gasteiger partial charge on any atom is 0.343 e. The Morgan fingerprint density at radius 1 is 0.606 bits per heavy atom. The van der Waals surface area contributed by atoms with Gasteiger partial charge >= 0.3 is 6.67 Å². The topological polar surface area (TPSA) is 122 Å². The molecule has 0 spiro atoms. The van der Waals surface area contributed by atoms with Crippen LogP contribution in [0, 0.1) is 0 Å². The van der Waals surface area contributed by atoms with Gasteiger partial charge in [-0.25, -0.2) is 16.8 Å². The van der Waals surface area contributed by atoms with Crippen molar-refractivity contribution in [1.29, 1.82) is 0 Å². The zero-order valence-corrected chi connectivity index (χ0v) is 20.1. The van der Waals surface area contributed by atoms with E-state index in [1.165, 1.54) is 12.2 Å². The van der Waals surface area contributed by atoms with Crippen LogP contribution < -0.4 is 9.13 Å². The van der Waals surface area contributed by atoms with Gasteiger partial charge in [-0.15, -0.1) is 9.13 Å². The van der Waals surface area contributed by atoms with Gasteiger partial charge in [0.2, 0.25) is 0 Å². The van der Waals surface area contributed by atoms with Gasteiger partial charge in [0.1, 0.15) is 20.2 Å². The van der Waals surface area contributed by atoms with Gasteiger partial charge in [-0.2, -0.15) is 0 Å². The van der Waals surface area contributed by atoms with Crippen LogP contribution in [0.25, 0.3) is 0 Å². The monoisotopic (exact) mass is 494 g/mol. The molecule has 8 nitrogen and oxygen atoms in total. The van der Waals surface area contributed by atoms with Crippen LogP contribution in [0.3, 0.4) is 0 Å². The third-order valence-electron chi connectivity index (χ3n) is 5.02. The first-order valence-electron chi connectivity index (χ1n) is 10.8. The van der Waals surface area contributed by atoms with E-state index in [2.05, 4.69) is 33.9 Å². The number of aromatic nitrogens is 2. The lowest BCUT2D eigenvalue weighted by Gasteiger charge is -2.15. The van der Waals surface area contributed by atoms with E-state index in [0.717, 1.165) is 45.2 Å². The highest BCUT2D eigenvalue weighted by molar-refractivity contribution is 7.90. The van der Waals surface area contributed by atoms with E-state index in [0.29, 0.717) is 12.8 Å². The number of rotatable bonds is 4. The van der Waals surface area contributed by atoms with E-state index < -0.39 is 20.2 Å². The molecule has 33 heavy (non-hydrogen) atoms. The second-order valence-electron chi connectivity index (χ2n) is 7.66. The maximum atomic E-state index is 10.4.